The van der Waals surface area contributed by atoms with E-state index >= 15 is 0 Å². The summed E-state index contributed by atoms with van der Waals surface area (Å²) in [5.74, 6) is 0.844. The van der Waals surface area contributed by atoms with Crippen LogP contribution < -0.4 is 4.90 Å². The van der Waals surface area contributed by atoms with Gasteiger partial charge < -0.3 is 9.80 Å². The highest BCUT2D eigenvalue weighted by Crippen LogP contribution is 2.46. The van der Waals surface area contributed by atoms with Gasteiger partial charge in [0, 0.05) is 55.2 Å². The third-order valence-electron chi connectivity index (χ3n) is 6.35. The first kappa shape index (κ1) is 25.1. The lowest BCUT2D eigenvalue weighted by Crippen LogP contribution is -2.47. The van der Waals surface area contributed by atoms with Crippen molar-refractivity contribution in [2.75, 3.05) is 44.2 Å². The minimum absolute atomic E-state index is 0.0518. The Labute approximate surface area is 225 Å². The molecule has 6 nitrogen and oxygen atoms in total. The second-order valence-corrected chi connectivity index (χ2v) is 10.8. The van der Waals surface area contributed by atoms with Crippen LogP contribution in [0.15, 0.2) is 71.9 Å². The second kappa shape index (κ2) is 11.6. The van der Waals surface area contributed by atoms with Gasteiger partial charge in [0.25, 0.3) is 5.91 Å². The van der Waals surface area contributed by atoms with Crippen LogP contribution >= 0.6 is 35.0 Å². The Morgan fingerprint density at radius 2 is 1.64 bits per heavy atom. The maximum atomic E-state index is 13.5. The number of nitrogens with zero attached hydrogens (tertiary/aromatic N) is 5. The molecule has 2 aliphatic rings. The zero-order valence-corrected chi connectivity index (χ0v) is 22.1. The van der Waals surface area contributed by atoms with Crippen LogP contribution in [0.2, 0.25) is 10.0 Å². The minimum atomic E-state index is -0.103. The fourth-order valence-electron chi connectivity index (χ4n) is 4.54. The Morgan fingerprint density at radius 3 is 2.36 bits per heavy atom. The number of hydrogen-bond donors (Lipinski definition) is 0. The van der Waals surface area contributed by atoms with Crippen LogP contribution in [0.1, 0.15) is 22.9 Å². The highest BCUT2D eigenvalue weighted by molar-refractivity contribution is 8.04. The van der Waals surface area contributed by atoms with Gasteiger partial charge in [-0.05, 0) is 60.5 Å². The molecule has 1 aromatic heterocycles. The van der Waals surface area contributed by atoms with Gasteiger partial charge in [0.1, 0.15) is 5.37 Å². The Morgan fingerprint density at radius 1 is 0.917 bits per heavy atom. The lowest BCUT2D eigenvalue weighted by molar-refractivity contribution is -0.126. The fraction of sp³-hybridized carbons (Fsp3) is 0.296. The van der Waals surface area contributed by atoms with Crippen molar-refractivity contribution in [2.24, 2.45) is 0 Å². The van der Waals surface area contributed by atoms with Gasteiger partial charge in [-0.15, -0.1) is 0 Å². The quantitative estimate of drug-likeness (QED) is 0.363. The maximum absolute atomic E-state index is 13.5. The standard InChI is InChI=1S/C27H27Cl2N5OS/c28-22-7-1-5-20(17-22)18-24-25(35)34(26(36-24)21-6-2-8-23(29)19-21)12-4-11-32-13-15-33(16-14-32)27-30-9-3-10-31-27/h1-3,5-10,17-19,26H,4,11-16H2/b24-18-. The predicted octanol–water partition coefficient (Wildman–Crippen LogP) is 5.61. The first-order chi connectivity index (χ1) is 17.6. The van der Waals surface area contributed by atoms with E-state index in [1.807, 2.05) is 65.6 Å². The maximum Gasteiger partial charge on any atom is 0.261 e. The Hall–Kier alpha value is -2.58. The van der Waals surface area contributed by atoms with Gasteiger partial charge in [-0.25, -0.2) is 9.97 Å². The van der Waals surface area contributed by atoms with Gasteiger partial charge in [0.2, 0.25) is 5.95 Å². The lowest BCUT2D eigenvalue weighted by atomic mass is 10.2. The summed E-state index contributed by atoms with van der Waals surface area (Å²) in [4.78, 5) is 29.6. The van der Waals surface area contributed by atoms with Crippen molar-refractivity contribution in [3.8, 4) is 0 Å². The largest absolute Gasteiger partial charge is 0.338 e. The first-order valence-corrected chi connectivity index (χ1v) is 13.6. The summed E-state index contributed by atoms with van der Waals surface area (Å²) in [6.45, 7) is 5.34. The summed E-state index contributed by atoms with van der Waals surface area (Å²) in [5, 5.41) is 1.23. The summed E-state index contributed by atoms with van der Waals surface area (Å²) in [6, 6.07) is 17.2. The number of carbonyl (C=O) groups is 1. The molecule has 2 saturated heterocycles. The molecule has 36 heavy (non-hydrogen) atoms. The van der Waals surface area contributed by atoms with Crippen molar-refractivity contribution >= 4 is 52.9 Å². The van der Waals surface area contributed by atoms with Gasteiger partial charge in [-0.1, -0.05) is 59.2 Å². The summed E-state index contributed by atoms with van der Waals surface area (Å²) < 4.78 is 0. The van der Waals surface area contributed by atoms with E-state index in [4.69, 9.17) is 23.2 Å². The molecule has 0 radical (unpaired) electrons. The minimum Gasteiger partial charge on any atom is -0.338 e. The fourth-order valence-corrected chi connectivity index (χ4v) is 6.21. The molecular formula is C27H27Cl2N5OS. The molecule has 2 aliphatic heterocycles. The SMILES string of the molecule is O=C1/C(=C/c2cccc(Cl)c2)SC(c2cccc(Cl)c2)N1CCCN1CCN(c2ncccn2)CC1. The molecule has 0 aliphatic carbocycles. The van der Waals surface area contributed by atoms with Crippen LogP contribution in [0, 0.1) is 0 Å². The molecule has 3 aromatic rings. The van der Waals surface area contributed by atoms with Crippen molar-refractivity contribution in [2.45, 2.75) is 11.8 Å². The van der Waals surface area contributed by atoms with E-state index in [1.54, 1.807) is 24.2 Å². The van der Waals surface area contributed by atoms with Crippen molar-refractivity contribution in [3.05, 3.63) is 93.1 Å². The molecule has 2 fully saturated rings. The van der Waals surface area contributed by atoms with Crippen molar-refractivity contribution in [1.82, 2.24) is 19.8 Å². The molecule has 0 saturated carbocycles. The molecule has 186 valence electrons. The number of benzene rings is 2. The van der Waals surface area contributed by atoms with Gasteiger partial charge in [0.15, 0.2) is 0 Å². The molecule has 0 bridgehead atoms. The van der Waals surface area contributed by atoms with E-state index in [1.165, 1.54) is 0 Å². The van der Waals surface area contributed by atoms with Crippen LogP contribution in [0.4, 0.5) is 5.95 Å². The average Bonchev–Trinajstić information content (AvgIpc) is 3.20. The number of halogens is 2. The van der Waals surface area contributed by atoms with Crippen molar-refractivity contribution in [3.63, 3.8) is 0 Å². The van der Waals surface area contributed by atoms with E-state index < -0.39 is 0 Å². The molecule has 3 heterocycles. The second-order valence-electron chi connectivity index (χ2n) is 8.82. The number of thioether (sulfide) groups is 1. The smallest absolute Gasteiger partial charge is 0.261 e. The molecule has 0 N–H and O–H groups in total. The zero-order chi connectivity index (χ0) is 24.9. The van der Waals surface area contributed by atoms with E-state index in [0.717, 1.165) is 61.1 Å². The lowest BCUT2D eigenvalue weighted by Gasteiger charge is -2.35. The number of rotatable bonds is 7. The molecule has 2 aromatic carbocycles. The molecule has 1 amide bonds. The highest BCUT2D eigenvalue weighted by Gasteiger charge is 2.37. The van der Waals surface area contributed by atoms with Gasteiger partial charge in [-0.3, -0.25) is 9.69 Å². The number of piperazine rings is 1. The average molecular weight is 541 g/mol. The van der Waals surface area contributed by atoms with E-state index in [0.29, 0.717) is 16.6 Å². The van der Waals surface area contributed by atoms with Crippen LogP contribution in [-0.4, -0.2) is 64.9 Å². The van der Waals surface area contributed by atoms with E-state index in [2.05, 4.69) is 19.8 Å². The van der Waals surface area contributed by atoms with Crippen LogP contribution in [0.3, 0.4) is 0 Å². The molecule has 1 unspecified atom stereocenters. The third kappa shape index (κ3) is 6.03. The van der Waals surface area contributed by atoms with Gasteiger partial charge in [-0.2, -0.15) is 0 Å². The summed E-state index contributed by atoms with van der Waals surface area (Å²) >= 11 is 14.0. The molecule has 9 heteroatoms. The van der Waals surface area contributed by atoms with Crippen LogP contribution in [-0.2, 0) is 4.79 Å². The summed E-state index contributed by atoms with van der Waals surface area (Å²) in [7, 11) is 0. The van der Waals surface area contributed by atoms with Gasteiger partial charge in [0.05, 0.1) is 4.91 Å². The Bertz CT molecular complexity index is 1230. The highest BCUT2D eigenvalue weighted by atomic mass is 35.5. The molecule has 0 spiro atoms. The van der Waals surface area contributed by atoms with Crippen LogP contribution in [0.5, 0.6) is 0 Å². The Balaban J connectivity index is 1.24. The topological polar surface area (TPSA) is 52.6 Å². The van der Waals surface area contributed by atoms with Crippen molar-refractivity contribution < 1.29 is 4.79 Å². The third-order valence-corrected chi connectivity index (χ3v) is 8.12. The normalized spacial score (nSPS) is 19.9. The summed E-state index contributed by atoms with van der Waals surface area (Å²) in [6.07, 6.45) is 6.40. The van der Waals surface area contributed by atoms with Gasteiger partial charge >= 0.3 is 0 Å². The molecule has 5 rings (SSSR count). The van der Waals surface area contributed by atoms with Crippen LogP contribution in [0.25, 0.3) is 6.08 Å². The molecular weight excluding hydrogens is 513 g/mol. The monoisotopic (exact) mass is 539 g/mol. The zero-order valence-electron chi connectivity index (χ0n) is 19.8. The summed E-state index contributed by atoms with van der Waals surface area (Å²) in [5.41, 5.74) is 1.96. The van der Waals surface area contributed by atoms with Crippen molar-refractivity contribution in [1.29, 1.82) is 0 Å². The number of aromatic nitrogens is 2. The first-order valence-electron chi connectivity index (χ1n) is 12.0. The predicted molar refractivity (Wildman–Crippen MR) is 148 cm³/mol. The number of hydrogen-bond acceptors (Lipinski definition) is 6. The number of carbonyl (C=O) groups excluding carboxylic acids is 1. The molecule has 1 atom stereocenters. The Kier molecular flexibility index (Phi) is 8.12. The number of amides is 1. The van der Waals surface area contributed by atoms with E-state index in [-0.39, 0.29) is 11.3 Å². The number of anilines is 1. The van der Waals surface area contributed by atoms with E-state index in [9.17, 15) is 4.79 Å².